The van der Waals surface area contributed by atoms with Crippen molar-refractivity contribution in [2.45, 2.75) is 73.1 Å². The Kier molecular flexibility index (Phi) is 23.9. The minimum absolute atomic E-state index is 0. The first-order valence-electron chi connectivity index (χ1n) is 13.3. The average molecular weight is 670 g/mol. The van der Waals surface area contributed by atoms with Gasteiger partial charge in [0.1, 0.15) is 0 Å². The Morgan fingerprint density at radius 1 is 0.650 bits per heavy atom. The predicted octanol–water partition coefficient (Wildman–Crippen LogP) is 12.0. The van der Waals surface area contributed by atoms with Crippen LogP contribution in [0.4, 0.5) is 0 Å². The van der Waals surface area contributed by atoms with E-state index in [1.807, 2.05) is 0 Å². The Morgan fingerprint density at radius 3 is 1.62 bits per heavy atom. The number of benzene rings is 3. The summed E-state index contributed by atoms with van der Waals surface area (Å²) in [5, 5.41) is 5.49. The Balaban J connectivity index is -0.000000524. The van der Waals surface area contributed by atoms with Crippen molar-refractivity contribution in [2.24, 2.45) is 0 Å². The minimum atomic E-state index is 0. The molecular weight excluding hydrogens is 623 g/mol. The van der Waals surface area contributed by atoms with Crippen LogP contribution in [0.15, 0.2) is 91.0 Å². The Morgan fingerprint density at radius 2 is 1.12 bits per heavy atom. The molecule has 0 nitrogen and oxygen atoms in total. The maximum Gasteiger partial charge on any atom is 3.00 e. The first-order valence-corrected chi connectivity index (χ1v) is 13.3. The van der Waals surface area contributed by atoms with Gasteiger partial charge >= 0.3 is 26.2 Å². The number of hydrogen-bond donors (Lipinski definition) is 0. The van der Waals surface area contributed by atoms with Crippen molar-refractivity contribution >= 4 is 57.3 Å². The van der Waals surface area contributed by atoms with E-state index in [0.29, 0.717) is 5.92 Å². The molecule has 0 aliphatic rings. The van der Waals surface area contributed by atoms with Crippen molar-refractivity contribution in [3.63, 3.8) is 0 Å². The topological polar surface area (TPSA) is 0 Å². The normalized spacial score (nSPS) is 9.38. The number of unbranched alkanes of at least 4 members (excludes halogenated alkanes) is 3. The minimum Gasteiger partial charge on any atom is -0.358 e. The molecule has 4 heteroatoms. The summed E-state index contributed by atoms with van der Waals surface area (Å²) in [4.78, 5) is 0. The van der Waals surface area contributed by atoms with Crippen LogP contribution in [0, 0.1) is 21.3 Å². The number of aryl methyl sites for hydroxylation is 2. The summed E-state index contributed by atoms with van der Waals surface area (Å²) in [6.07, 6.45) is 5.54. The second-order valence-corrected chi connectivity index (χ2v) is 9.95. The van der Waals surface area contributed by atoms with Crippen molar-refractivity contribution in [1.29, 1.82) is 0 Å². The van der Waals surface area contributed by atoms with Crippen LogP contribution in [0.5, 0.6) is 0 Å². The summed E-state index contributed by atoms with van der Waals surface area (Å²) in [5.74, 6) is 0.616. The molecule has 0 fully saturated rings. The van der Waals surface area contributed by atoms with Crippen LogP contribution in [0.2, 0.25) is 0 Å². The van der Waals surface area contributed by atoms with Crippen molar-refractivity contribution in [2.75, 3.05) is 0 Å². The summed E-state index contributed by atoms with van der Waals surface area (Å²) in [6, 6.07) is 32.7. The van der Waals surface area contributed by atoms with Gasteiger partial charge in [0, 0.05) is 11.0 Å². The van der Waals surface area contributed by atoms with Crippen LogP contribution in [-0.4, -0.2) is 11.0 Å². The van der Waals surface area contributed by atoms with Gasteiger partial charge < -0.3 is 7.43 Å². The van der Waals surface area contributed by atoms with E-state index in [4.69, 9.17) is 0 Å². The van der Waals surface area contributed by atoms with Crippen LogP contribution in [0.25, 0.3) is 32.7 Å². The molecule has 40 heavy (non-hydrogen) atoms. The van der Waals surface area contributed by atoms with Gasteiger partial charge in [-0.05, 0) is 11.5 Å². The van der Waals surface area contributed by atoms with Gasteiger partial charge in [-0.1, -0.05) is 121 Å². The van der Waals surface area contributed by atoms with Gasteiger partial charge in [0.05, 0.1) is 0 Å². The van der Waals surface area contributed by atoms with Gasteiger partial charge in [-0.3, -0.25) is 0 Å². The number of halogens is 2. The zero-order valence-electron chi connectivity index (χ0n) is 25.4. The number of hydrogen-bond acceptors (Lipinski definition) is 0. The van der Waals surface area contributed by atoms with Crippen molar-refractivity contribution < 1.29 is 26.2 Å². The van der Waals surface area contributed by atoms with Crippen molar-refractivity contribution in [3.8, 4) is 11.1 Å². The van der Waals surface area contributed by atoms with E-state index in [-0.39, 0.29) is 69.4 Å². The van der Waals surface area contributed by atoms with Gasteiger partial charge in [-0.15, -0.1) is 93.9 Å². The van der Waals surface area contributed by atoms with E-state index in [0.717, 1.165) is 0 Å². The standard InChI is InChI=1S/C16H13.C13H15.C6H14.CH3.2ClH.Si.Zr/c1-12-10-14-8-5-9-15(16(14)11-12)13-6-3-2-4-7-13;1-9(2)12-6-4-5-11-7-10(3)8-13(11)12;1-3-5-6-4-2;;;;;/h2-11H,1H3;4-9H,1-3H3;3-6H2,1-2H3;1H3;2*1H;;/q2*-1;;-1;;;;+3. The van der Waals surface area contributed by atoms with E-state index in [9.17, 15) is 0 Å². The largest absolute Gasteiger partial charge is 3.00 e. The molecule has 0 aromatic heterocycles. The third-order valence-corrected chi connectivity index (χ3v) is 6.49. The summed E-state index contributed by atoms with van der Waals surface area (Å²) >= 11 is 0. The van der Waals surface area contributed by atoms with Crippen LogP contribution in [0.3, 0.4) is 0 Å². The van der Waals surface area contributed by atoms with Gasteiger partial charge in [-0.2, -0.15) is 12.1 Å². The van der Waals surface area contributed by atoms with E-state index in [1.165, 1.54) is 75.0 Å². The van der Waals surface area contributed by atoms with Gasteiger partial charge in [0.15, 0.2) is 0 Å². The quantitative estimate of drug-likeness (QED) is 0.0992. The van der Waals surface area contributed by atoms with E-state index < -0.39 is 0 Å². The Hall–Kier alpha value is -1.44. The zero-order valence-corrected chi connectivity index (χ0v) is 30.5. The molecule has 213 valence electrons. The molecule has 0 bridgehead atoms. The second-order valence-electron chi connectivity index (χ2n) is 9.95. The first-order chi connectivity index (χ1) is 16.9. The molecule has 5 rings (SSSR count). The number of fused-ring (bicyclic) bond motifs is 2. The summed E-state index contributed by atoms with van der Waals surface area (Å²) < 4.78 is 0. The fourth-order valence-electron chi connectivity index (χ4n) is 4.67. The van der Waals surface area contributed by atoms with E-state index in [1.54, 1.807) is 0 Å². The molecule has 0 heterocycles. The molecule has 0 saturated carbocycles. The van der Waals surface area contributed by atoms with Crippen LogP contribution in [0.1, 0.15) is 76.0 Å². The Labute approximate surface area is 281 Å². The molecule has 0 spiro atoms. The maximum absolute atomic E-state index is 2.28. The van der Waals surface area contributed by atoms with Gasteiger partial charge in [0.25, 0.3) is 0 Å². The maximum atomic E-state index is 2.28. The predicted molar refractivity (Wildman–Crippen MR) is 185 cm³/mol. The fraction of sp³-hybridized carbons (Fsp3) is 0.306. The summed E-state index contributed by atoms with van der Waals surface area (Å²) in [5.41, 5.74) is 6.77. The van der Waals surface area contributed by atoms with Crippen molar-refractivity contribution in [3.05, 3.63) is 115 Å². The van der Waals surface area contributed by atoms with Crippen LogP contribution in [-0.2, 0) is 26.2 Å². The van der Waals surface area contributed by atoms with Gasteiger partial charge in [-0.25, -0.2) is 0 Å². The van der Waals surface area contributed by atoms with Crippen LogP contribution >= 0.6 is 24.8 Å². The molecule has 0 N–H and O–H groups in total. The SMILES string of the molecule is CCCCCC.Cc1cc2c(-c3ccccc3)cccc2[cH-]1.Cc1cc2c(C(C)C)cccc2[cH-]1.Cl.Cl.[CH3-].[Si].[Zr+3]. The van der Waals surface area contributed by atoms with Crippen LogP contribution < -0.4 is 0 Å². The molecule has 0 saturated heterocycles. The van der Waals surface area contributed by atoms with E-state index in [2.05, 4.69) is 133 Å². The fourth-order valence-corrected chi connectivity index (χ4v) is 4.67. The zero-order chi connectivity index (χ0) is 25.2. The van der Waals surface area contributed by atoms with E-state index >= 15 is 0 Å². The molecule has 0 atom stereocenters. The third-order valence-electron chi connectivity index (χ3n) is 6.49. The molecule has 0 aliphatic heterocycles. The Bertz CT molecular complexity index is 1310. The summed E-state index contributed by atoms with van der Waals surface area (Å²) in [6.45, 7) is 13.3. The molecule has 5 aromatic rings. The third kappa shape index (κ3) is 12.2. The molecule has 0 amide bonds. The van der Waals surface area contributed by atoms with Crippen molar-refractivity contribution in [1.82, 2.24) is 0 Å². The molecule has 5 radical (unpaired) electrons. The molecule has 0 unspecified atom stereocenters. The molecular formula is C36H47Cl2SiZr. The van der Waals surface area contributed by atoms with Gasteiger partial charge in [0.2, 0.25) is 0 Å². The average Bonchev–Trinajstić information content (AvgIpc) is 3.44. The summed E-state index contributed by atoms with van der Waals surface area (Å²) in [7, 11) is 0. The number of rotatable bonds is 5. The molecule has 0 aliphatic carbocycles. The smallest absolute Gasteiger partial charge is 0.358 e. The first kappa shape index (κ1) is 43.0. The second kappa shape index (κ2) is 22.2. The molecule has 5 aromatic carbocycles. The monoisotopic (exact) mass is 667 g/mol.